The van der Waals surface area contributed by atoms with E-state index in [0.717, 1.165) is 22.7 Å². The van der Waals surface area contributed by atoms with Crippen LogP contribution in [0.4, 0.5) is 14.5 Å². The predicted octanol–water partition coefficient (Wildman–Crippen LogP) is 4.11. The molecule has 0 radical (unpaired) electrons. The third-order valence-electron chi connectivity index (χ3n) is 5.02. The third-order valence-corrected chi connectivity index (χ3v) is 6.45. The Kier molecular flexibility index (Phi) is 9.24. The van der Waals surface area contributed by atoms with Crippen molar-refractivity contribution in [1.82, 2.24) is 10.2 Å². The van der Waals surface area contributed by atoms with E-state index in [9.17, 15) is 26.8 Å². The Morgan fingerprint density at radius 3 is 2.17 bits per heavy atom. The zero-order chi connectivity index (χ0) is 26.6. The number of hydrogen-bond acceptors (Lipinski definition) is 4. The van der Waals surface area contributed by atoms with Gasteiger partial charge in [-0.15, -0.1) is 0 Å². The molecule has 35 heavy (non-hydrogen) atoms. The fourth-order valence-electron chi connectivity index (χ4n) is 3.41. The van der Waals surface area contributed by atoms with E-state index in [1.807, 2.05) is 0 Å². The van der Waals surface area contributed by atoms with Crippen LogP contribution in [0, 0.1) is 11.6 Å². The van der Waals surface area contributed by atoms with E-state index < -0.39 is 51.6 Å². The van der Waals surface area contributed by atoms with Gasteiger partial charge in [-0.25, -0.2) is 17.2 Å². The maximum atomic E-state index is 13.6. The minimum atomic E-state index is -3.98. The molecule has 0 heterocycles. The number of carbonyl (C=O) groups excluding carboxylic acids is 2. The molecule has 7 nitrogen and oxygen atoms in total. The van der Waals surface area contributed by atoms with Gasteiger partial charge in [-0.1, -0.05) is 30.7 Å². The first-order chi connectivity index (χ1) is 16.1. The molecule has 192 valence electrons. The Morgan fingerprint density at radius 2 is 1.69 bits per heavy atom. The van der Waals surface area contributed by atoms with E-state index in [1.54, 1.807) is 27.7 Å². The Bertz CT molecular complexity index is 1170. The summed E-state index contributed by atoms with van der Waals surface area (Å²) in [4.78, 5) is 27.8. The van der Waals surface area contributed by atoms with Crippen LogP contribution < -0.4 is 9.62 Å². The summed E-state index contributed by atoms with van der Waals surface area (Å²) >= 11 is 5.83. The SMILES string of the molecule is CC[C@@H](C(=O)NC(C)(C)C)N(Cc1ccc(F)cc1)C(=O)CN(c1ccc(F)c(Cl)c1)S(C)(=O)=O. The second-order valence-corrected chi connectivity index (χ2v) is 11.5. The number of halogens is 3. The first-order valence-electron chi connectivity index (χ1n) is 10.9. The van der Waals surface area contributed by atoms with Crippen LogP contribution in [0.15, 0.2) is 42.5 Å². The summed E-state index contributed by atoms with van der Waals surface area (Å²) in [5.74, 6) is -2.28. The van der Waals surface area contributed by atoms with Gasteiger partial charge in [0.1, 0.15) is 24.2 Å². The number of nitrogens with one attached hydrogen (secondary N) is 1. The first kappa shape index (κ1) is 28.5. The lowest BCUT2D eigenvalue weighted by Gasteiger charge is -2.34. The second kappa shape index (κ2) is 11.3. The highest BCUT2D eigenvalue weighted by molar-refractivity contribution is 7.92. The first-order valence-corrected chi connectivity index (χ1v) is 13.1. The highest BCUT2D eigenvalue weighted by Gasteiger charge is 2.33. The van der Waals surface area contributed by atoms with E-state index in [-0.39, 0.29) is 23.7 Å². The molecule has 0 saturated carbocycles. The minimum Gasteiger partial charge on any atom is -0.350 e. The largest absolute Gasteiger partial charge is 0.350 e. The Labute approximate surface area is 210 Å². The Balaban J connectivity index is 2.47. The van der Waals surface area contributed by atoms with E-state index >= 15 is 0 Å². The van der Waals surface area contributed by atoms with Crippen LogP contribution in [0.25, 0.3) is 0 Å². The maximum Gasteiger partial charge on any atom is 0.244 e. The average molecular weight is 530 g/mol. The highest BCUT2D eigenvalue weighted by Crippen LogP contribution is 2.25. The fraction of sp³-hybridized carbons (Fsp3) is 0.417. The molecule has 0 saturated heterocycles. The quantitative estimate of drug-likeness (QED) is 0.529. The average Bonchev–Trinajstić information content (AvgIpc) is 2.73. The molecule has 0 aliphatic carbocycles. The van der Waals surface area contributed by atoms with Gasteiger partial charge in [0, 0.05) is 12.1 Å². The summed E-state index contributed by atoms with van der Waals surface area (Å²) in [6, 6.07) is 7.82. The van der Waals surface area contributed by atoms with Crippen molar-refractivity contribution in [2.24, 2.45) is 0 Å². The van der Waals surface area contributed by atoms with Gasteiger partial charge in [-0.2, -0.15) is 0 Å². The molecule has 0 aliphatic heterocycles. The van der Waals surface area contributed by atoms with Crippen molar-refractivity contribution in [2.75, 3.05) is 17.1 Å². The molecular weight excluding hydrogens is 500 g/mol. The van der Waals surface area contributed by atoms with Crippen molar-refractivity contribution in [3.8, 4) is 0 Å². The van der Waals surface area contributed by atoms with Crippen molar-refractivity contribution < 1.29 is 26.8 Å². The number of rotatable bonds is 9. The van der Waals surface area contributed by atoms with Crippen LogP contribution in [0.5, 0.6) is 0 Å². The molecule has 0 fully saturated rings. The highest BCUT2D eigenvalue weighted by atomic mass is 35.5. The lowest BCUT2D eigenvalue weighted by Crippen LogP contribution is -2.55. The van der Waals surface area contributed by atoms with E-state index in [0.29, 0.717) is 5.56 Å². The summed E-state index contributed by atoms with van der Waals surface area (Å²) in [7, 11) is -3.98. The molecule has 2 amide bonds. The second-order valence-electron chi connectivity index (χ2n) is 9.18. The number of hydrogen-bond donors (Lipinski definition) is 1. The summed E-state index contributed by atoms with van der Waals surface area (Å²) < 4.78 is 52.9. The molecule has 0 bridgehead atoms. The van der Waals surface area contributed by atoms with E-state index in [1.165, 1.54) is 35.2 Å². The maximum absolute atomic E-state index is 13.6. The number of benzene rings is 2. The third kappa shape index (κ3) is 8.17. The van der Waals surface area contributed by atoms with Gasteiger partial charge in [0.05, 0.1) is 17.0 Å². The number of nitrogens with zero attached hydrogens (tertiary/aromatic N) is 2. The Morgan fingerprint density at radius 1 is 1.09 bits per heavy atom. The van der Waals surface area contributed by atoms with E-state index in [2.05, 4.69) is 5.32 Å². The lowest BCUT2D eigenvalue weighted by atomic mass is 10.1. The van der Waals surface area contributed by atoms with Gasteiger partial charge >= 0.3 is 0 Å². The van der Waals surface area contributed by atoms with Crippen molar-refractivity contribution in [1.29, 1.82) is 0 Å². The number of amides is 2. The van der Waals surface area contributed by atoms with E-state index in [4.69, 9.17) is 11.6 Å². The van der Waals surface area contributed by atoms with Crippen molar-refractivity contribution in [3.63, 3.8) is 0 Å². The van der Waals surface area contributed by atoms with Crippen LogP contribution in [0.2, 0.25) is 5.02 Å². The topological polar surface area (TPSA) is 86.8 Å². The van der Waals surface area contributed by atoms with Gasteiger partial charge in [-0.05, 0) is 63.1 Å². The smallest absolute Gasteiger partial charge is 0.244 e. The van der Waals surface area contributed by atoms with Crippen LogP contribution in [-0.2, 0) is 26.2 Å². The van der Waals surface area contributed by atoms with Gasteiger partial charge in [0.2, 0.25) is 21.8 Å². The van der Waals surface area contributed by atoms with Crippen LogP contribution in [-0.4, -0.2) is 49.5 Å². The van der Waals surface area contributed by atoms with Crippen LogP contribution in [0.3, 0.4) is 0 Å². The molecule has 2 rings (SSSR count). The van der Waals surface area contributed by atoms with Crippen molar-refractivity contribution in [2.45, 2.75) is 52.2 Å². The van der Waals surface area contributed by atoms with Gasteiger partial charge in [-0.3, -0.25) is 13.9 Å². The minimum absolute atomic E-state index is 0.00109. The fourth-order valence-corrected chi connectivity index (χ4v) is 4.43. The number of anilines is 1. The van der Waals surface area contributed by atoms with Crippen LogP contribution >= 0.6 is 11.6 Å². The summed E-state index contributed by atoms with van der Waals surface area (Å²) in [6.45, 7) is 6.42. The molecule has 2 aromatic carbocycles. The Hall–Kier alpha value is -2.72. The van der Waals surface area contributed by atoms with Gasteiger partial charge in [0.15, 0.2) is 0 Å². The summed E-state index contributed by atoms with van der Waals surface area (Å²) in [5, 5.41) is 2.54. The lowest BCUT2D eigenvalue weighted by molar-refractivity contribution is -0.141. The molecule has 1 atom stereocenters. The summed E-state index contributed by atoms with van der Waals surface area (Å²) in [6.07, 6.45) is 1.15. The zero-order valence-corrected chi connectivity index (χ0v) is 21.9. The zero-order valence-electron chi connectivity index (χ0n) is 20.3. The molecule has 0 aliphatic rings. The van der Waals surface area contributed by atoms with Crippen LogP contribution in [0.1, 0.15) is 39.7 Å². The summed E-state index contributed by atoms with van der Waals surface area (Å²) in [5.41, 5.74) is -0.0164. The molecule has 0 aromatic heterocycles. The molecule has 2 aromatic rings. The predicted molar refractivity (Wildman–Crippen MR) is 133 cm³/mol. The molecule has 1 N–H and O–H groups in total. The van der Waals surface area contributed by atoms with Crippen molar-refractivity contribution in [3.05, 3.63) is 64.7 Å². The van der Waals surface area contributed by atoms with Gasteiger partial charge < -0.3 is 10.2 Å². The molecular formula is C24H30ClF2N3O4S. The number of sulfonamides is 1. The normalized spacial score (nSPS) is 12.7. The monoisotopic (exact) mass is 529 g/mol. The van der Waals surface area contributed by atoms with Gasteiger partial charge in [0.25, 0.3) is 0 Å². The standard InChI is InChI=1S/C24H30ClF2N3O4S/c1-6-21(23(32)28-24(2,3)4)29(14-16-7-9-17(26)10-8-16)22(31)15-30(35(5,33)34)18-11-12-20(27)19(25)13-18/h7-13,21H,6,14-15H2,1-5H3,(H,28,32)/t21-/m0/s1. The number of carbonyl (C=O) groups is 2. The molecule has 0 spiro atoms. The van der Waals surface area contributed by atoms with Crippen molar-refractivity contribution >= 4 is 39.1 Å². The molecule has 0 unspecified atom stereocenters. The molecule has 11 heteroatoms.